The number of hydrogen-bond donors (Lipinski definition) is 1. The van der Waals surface area contributed by atoms with Gasteiger partial charge in [0.25, 0.3) is 5.56 Å². The maximum Gasteiger partial charge on any atom is 0.320 e. The molecule has 9 heteroatoms. The molecule has 2 atom stereocenters. The predicted octanol–water partition coefficient (Wildman–Crippen LogP) is 3.05. The van der Waals surface area contributed by atoms with E-state index in [-0.39, 0.29) is 31.3 Å². The van der Waals surface area contributed by atoms with Gasteiger partial charge in [-0.1, -0.05) is 43.2 Å². The maximum absolute atomic E-state index is 14.4. The molecule has 5 rings (SSSR count). The van der Waals surface area contributed by atoms with Gasteiger partial charge in [-0.3, -0.25) is 9.36 Å². The van der Waals surface area contributed by atoms with E-state index in [9.17, 15) is 19.1 Å². The zero-order valence-corrected chi connectivity index (χ0v) is 20.2. The Bertz CT molecular complexity index is 1130. The van der Waals surface area contributed by atoms with Gasteiger partial charge in [0.15, 0.2) is 0 Å². The predicted molar refractivity (Wildman–Crippen MR) is 128 cm³/mol. The van der Waals surface area contributed by atoms with E-state index in [0.717, 1.165) is 31.2 Å². The largest absolute Gasteiger partial charge is 0.387 e. The van der Waals surface area contributed by atoms with Crippen molar-refractivity contribution in [2.45, 2.75) is 57.0 Å². The van der Waals surface area contributed by atoms with Crippen LogP contribution in [0.2, 0.25) is 0 Å². The summed E-state index contributed by atoms with van der Waals surface area (Å²) in [5.74, 6) is -1.85. The fourth-order valence-electron chi connectivity index (χ4n) is 6.05. The number of aliphatic hydroxyl groups is 1. The smallest absolute Gasteiger partial charge is 0.320 e. The standard InChI is InChI=1S/C26H33FN4O4/c1-24(27)16-30(13-14-35-24)23(33)29-12-11-26(34,25(17-29)9-5-6-10-25)18-31-19-28-21(15-22(31)32)20-7-3-2-4-8-20/h2-4,7-8,15,19,34H,5-6,9-14,16-18H2,1H3. The fraction of sp³-hybridized carbons (Fsp3) is 0.577. The van der Waals surface area contributed by atoms with Crippen molar-refractivity contribution in [1.82, 2.24) is 19.4 Å². The first-order valence-corrected chi connectivity index (χ1v) is 12.4. The molecule has 3 heterocycles. The minimum absolute atomic E-state index is 0.103. The van der Waals surface area contributed by atoms with Crippen molar-refractivity contribution in [3.05, 3.63) is 53.1 Å². The van der Waals surface area contributed by atoms with Gasteiger partial charge in [0, 0.05) is 36.7 Å². The van der Waals surface area contributed by atoms with Gasteiger partial charge in [-0.2, -0.15) is 0 Å². The van der Waals surface area contributed by atoms with Crippen LogP contribution >= 0.6 is 0 Å². The highest BCUT2D eigenvalue weighted by Gasteiger charge is 2.56. The molecule has 1 N–H and O–H groups in total. The molecule has 35 heavy (non-hydrogen) atoms. The summed E-state index contributed by atoms with van der Waals surface area (Å²) in [6.45, 7) is 2.63. The Labute approximate surface area is 204 Å². The number of halogens is 1. The first-order chi connectivity index (χ1) is 16.7. The number of benzene rings is 1. The summed E-state index contributed by atoms with van der Waals surface area (Å²) in [5.41, 5.74) is -0.402. The topological polar surface area (TPSA) is 87.9 Å². The molecule has 1 spiro atoms. The SMILES string of the molecule is CC1(F)CN(C(=O)N2CCC(O)(Cn3cnc(-c4ccccc4)cc3=O)C3(CCCC3)C2)CCO1. The molecule has 3 fully saturated rings. The number of piperidine rings is 1. The van der Waals surface area contributed by atoms with Crippen molar-refractivity contribution in [2.75, 3.05) is 32.8 Å². The molecule has 8 nitrogen and oxygen atoms in total. The van der Waals surface area contributed by atoms with Gasteiger partial charge >= 0.3 is 6.03 Å². The van der Waals surface area contributed by atoms with Crippen LogP contribution in [-0.4, -0.2) is 74.7 Å². The average molecular weight is 485 g/mol. The monoisotopic (exact) mass is 484 g/mol. The highest BCUT2D eigenvalue weighted by atomic mass is 19.2. The lowest BCUT2D eigenvalue weighted by molar-refractivity contribution is -0.173. The quantitative estimate of drug-likeness (QED) is 0.724. The minimum atomic E-state index is -1.85. The fourth-order valence-corrected chi connectivity index (χ4v) is 6.05. The Kier molecular flexibility index (Phi) is 6.17. The van der Waals surface area contributed by atoms with E-state index in [1.54, 1.807) is 4.90 Å². The summed E-state index contributed by atoms with van der Waals surface area (Å²) in [4.78, 5) is 34.0. The molecule has 0 radical (unpaired) electrons. The number of carbonyl (C=O) groups is 1. The molecule has 1 aromatic carbocycles. The van der Waals surface area contributed by atoms with Crippen LogP contribution in [0.1, 0.15) is 39.0 Å². The van der Waals surface area contributed by atoms with Gasteiger partial charge < -0.3 is 19.6 Å². The van der Waals surface area contributed by atoms with Crippen LogP contribution < -0.4 is 5.56 Å². The number of nitrogens with zero attached hydrogens (tertiary/aromatic N) is 4. The molecule has 0 bridgehead atoms. The Morgan fingerprint density at radius 3 is 2.51 bits per heavy atom. The van der Waals surface area contributed by atoms with Gasteiger partial charge in [0.05, 0.1) is 37.3 Å². The van der Waals surface area contributed by atoms with E-state index >= 15 is 0 Å². The number of amides is 2. The highest BCUT2D eigenvalue weighted by molar-refractivity contribution is 5.75. The van der Waals surface area contributed by atoms with Gasteiger partial charge in [-0.15, -0.1) is 0 Å². The third-order valence-electron chi connectivity index (χ3n) is 8.00. The van der Waals surface area contributed by atoms with Crippen molar-refractivity contribution in [3.63, 3.8) is 0 Å². The number of carbonyl (C=O) groups excluding carboxylic acids is 1. The van der Waals surface area contributed by atoms with Crippen molar-refractivity contribution < 1.29 is 19.0 Å². The summed E-state index contributed by atoms with van der Waals surface area (Å²) < 4.78 is 21.0. The second-order valence-electron chi connectivity index (χ2n) is 10.5. The lowest BCUT2D eigenvalue weighted by atomic mass is 9.66. The first-order valence-electron chi connectivity index (χ1n) is 12.4. The number of likely N-dealkylation sites (tertiary alicyclic amines) is 1. The molecule has 1 aliphatic carbocycles. The molecule has 188 valence electrons. The van der Waals surface area contributed by atoms with Crippen LogP contribution in [0.15, 0.2) is 47.5 Å². The normalized spacial score (nSPS) is 28.4. The number of aromatic nitrogens is 2. The molecule has 2 amide bonds. The van der Waals surface area contributed by atoms with Gasteiger partial charge in [0.2, 0.25) is 5.85 Å². The van der Waals surface area contributed by atoms with E-state index < -0.39 is 16.9 Å². The third kappa shape index (κ3) is 4.59. The Morgan fingerprint density at radius 2 is 1.83 bits per heavy atom. The number of rotatable bonds is 3. The summed E-state index contributed by atoms with van der Waals surface area (Å²) in [7, 11) is 0. The van der Waals surface area contributed by atoms with E-state index in [1.807, 2.05) is 30.3 Å². The van der Waals surface area contributed by atoms with E-state index in [2.05, 4.69) is 4.98 Å². The number of alkyl halides is 1. The molecular formula is C26H33FN4O4. The van der Waals surface area contributed by atoms with Crippen LogP contribution in [0, 0.1) is 5.41 Å². The molecule has 1 aromatic heterocycles. The number of hydrogen-bond acceptors (Lipinski definition) is 5. The Balaban J connectivity index is 1.35. The van der Waals surface area contributed by atoms with Crippen LogP contribution in [0.4, 0.5) is 9.18 Å². The minimum Gasteiger partial charge on any atom is -0.387 e. The van der Waals surface area contributed by atoms with Crippen molar-refractivity contribution in [3.8, 4) is 11.3 Å². The molecule has 2 aliphatic heterocycles. The van der Waals surface area contributed by atoms with Crippen LogP contribution in [0.5, 0.6) is 0 Å². The molecule has 2 aromatic rings. The summed E-state index contributed by atoms with van der Waals surface area (Å²) in [5, 5.41) is 12.0. The van der Waals surface area contributed by atoms with Crippen molar-refractivity contribution in [2.24, 2.45) is 5.41 Å². The van der Waals surface area contributed by atoms with Gasteiger partial charge in [0.1, 0.15) is 0 Å². The second-order valence-corrected chi connectivity index (χ2v) is 10.5. The average Bonchev–Trinajstić information content (AvgIpc) is 3.32. The van der Waals surface area contributed by atoms with Crippen molar-refractivity contribution >= 4 is 6.03 Å². The maximum atomic E-state index is 14.4. The number of urea groups is 1. The lowest BCUT2D eigenvalue weighted by Gasteiger charge is -2.53. The first kappa shape index (κ1) is 23.9. The second kappa shape index (κ2) is 9.02. The Hall–Kier alpha value is -2.78. The molecule has 3 aliphatic rings. The molecular weight excluding hydrogens is 451 g/mol. The van der Waals surface area contributed by atoms with E-state index in [4.69, 9.17) is 4.74 Å². The molecule has 2 saturated heterocycles. The van der Waals surface area contributed by atoms with E-state index in [0.29, 0.717) is 31.7 Å². The number of morpholine rings is 1. The van der Waals surface area contributed by atoms with E-state index in [1.165, 1.54) is 28.8 Å². The Morgan fingerprint density at radius 1 is 1.11 bits per heavy atom. The van der Waals surface area contributed by atoms with Gasteiger partial charge in [-0.25, -0.2) is 14.2 Å². The lowest BCUT2D eigenvalue weighted by Crippen LogP contribution is -2.64. The summed E-state index contributed by atoms with van der Waals surface area (Å²) >= 11 is 0. The summed E-state index contributed by atoms with van der Waals surface area (Å²) in [6, 6.07) is 10.8. The van der Waals surface area contributed by atoms with Crippen LogP contribution in [-0.2, 0) is 11.3 Å². The van der Waals surface area contributed by atoms with Crippen LogP contribution in [0.25, 0.3) is 11.3 Å². The molecule has 1 saturated carbocycles. The van der Waals surface area contributed by atoms with Crippen LogP contribution in [0.3, 0.4) is 0 Å². The van der Waals surface area contributed by atoms with Gasteiger partial charge in [-0.05, 0) is 26.2 Å². The van der Waals surface area contributed by atoms with Crippen molar-refractivity contribution in [1.29, 1.82) is 0 Å². The third-order valence-corrected chi connectivity index (χ3v) is 8.00. The summed E-state index contributed by atoms with van der Waals surface area (Å²) in [6.07, 6.45) is 5.35. The highest BCUT2D eigenvalue weighted by Crippen LogP contribution is 2.51. The zero-order chi connectivity index (χ0) is 24.7. The zero-order valence-electron chi connectivity index (χ0n) is 20.2. The molecule has 2 unspecified atom stereocenters. The number of ether oxygens (including phenoxy) is 1.